The van der Waals surface area contributed by atoms with Gasteiger partial charge in [0.25, 0.3) is 11.5 Å². The van der Waals surface area contributed by atoms with E-state index in [4.69, 9.17) is 33.0 Å². The smallest absolute Gasteiger partial charge is 0.278 e. The molecule has 162 valence electrons. The van der Waals surface area contributed by atoms with Crippen LogP contribution >= 0.6 is 23.2 Å². The number of carbonyl (C=O) groups excluding carboxylic acids is 1. The van der Waals surface area contributed by atoms with Gasteiger partial charge in [0.2, 0.25) is 0 Å². The fraction of sp³-hybridized carbons (Fsp3) is 0.227. The van der Waals surface area contributed by atoms with Gasteiger partial charge in [0.15, 0.2) is 5.75 Å². The standard InChI is InChI=1S/C22H21Cl2N3O4/c1-27-22(30)19(18(13-26-27)31-12-11-28)15-7-5-14(6-8-15)9-10-25-21(29)20-16(23)3-2-4-17(20)24/h2-8,13,28H,9-12H2,1H3,(H,25,29). The number of rotatable bonds is 8. The first-order valence-electron chi connectivity index (χ1n) is 9.54. The molecular formula is C22H21Cl2N3O4. The van der Waals surface area contributed by atoms with Crippen LogP contribution in [0.1, 0.15) is 15.9 Å². The Kier molecular flexibility index (Phi) is 7.68. The second kappa shape index (κ2) is 10.4. The molecule has 0 unspecified atom stereocenters. The van der Waals surface area contributed by atoms with Crippen molar-refractivity contribution in [2.45, 2.75) is 6.42 Å². The monoisotopic (exact) mass is 461 g/mol. The molecule has 0 saturated carbocycles. The van der Waals surface area contributed by atoms with E-state index in [1.807, 2.05) is 24.3 Å². The van der Waals surface area contributed by atoms with Gasteiger partial charge in [0.1, 0.15) is 6.61 Å². The Balaban J connectivity index is 1.70. The van der Waals surface area contributed by atoms with Crippen LogP contribution in [-0.2, 0) is 13.5 Å². The molecule has 0 fully saturated rings. The molecule has 1 heterocycles. The molecule has 7 nitrogen and oxygen atoms in total. The van der Waals surface area contributed by atoms with Gasteiger partial charge in [-0.3, -0.25) is 9.59 Å². The number of halogens is 2. The van der Waals surface area contributed by atoms with Gasteiger partial charge in [0.05, 0.1) is 34.0 Å². The minimum absolute atomic E-state index is 0.0646. The highest BCUT2D eigenvalue weighted by atomic mass is 35.5. The van der Waals surface area contributed by atoms with Crippen molar-refractivity contribution in [3.05, 3.63) is 80.2 Å². The van der Waals surface area contributed by atoms with E-state index in [0.717, 1.165) is 5.56 Å². The summed E-state index contributed by atoms with van der Waals surface area (Å²) in [6.07, 6.45) is 2.03. The molecule has 0 saturated heterocycles. The lowest BCUT2D eigenvalue weighted by Crippen LogP contribution is -2.26. The van der Waals surface area contributed by atoms with E-state index < -0.39 is 0 Å². The third-order valence-corrected chi connectivity index (χ3v) is 5.21. The van der Waals surface area contributed by atoms with Crippen molar-refractivity contribution in [3.63, 3.8) is 0 Å². The molecule has 2 N–H and O–H groups in total. The average Bonchev–Trinajstić information content (AvgIpc) is 2.75. The number of hydrogen-bond donors (Lipinski definition) is 2. The molecule has 0 radical (unpaired) electrons. The average molecular weight is 462 g/mol. The van der Waals surface area contributed by atoms with Crippen LogP contribution in [0.5, 0.6) is 5.75 Å². The molecule has 0 aliphatic heterocycles. The van der Waals surface area contributed by atoms with Crippen molar-refractivity contribution in [1.29, 1.82) is 0 Å². The van der Waals surface area contributed by atoms with Crippen molar-refractivity contribution >= 4 is 29.1 Å². The van der Waals surface area contributed by atoms with E-state index in [2.05, 4.69) is 10.4 Å². The first kappa shape index (κ1) is 22.8. The number of aliphatic hydroxyl groups excluding tert-OH is 1. The highest BCUT2D eigenvalue weighted by molar-refractivity contribution is 6.39. The number of nitrogens with zero attached hydrogens (tertiary/aromatic N) is 2. The predicted molar refractivity (Wildman–Crippen MR) is 120 cm³/mol. The van der Waals surface area contributed by atoms with E-state index in [9.17, 15) is 9.59 Å². The quantitative estimate of drug-likeness (QED) is 0.537. The molecule has 1 aromatic heterocycles. The Bertz CT molecular complexity index is 1110. The molecule has 9 heteroatoms. The maximum Gasteiger partial charge on any atom is 0.278 e. The van der Waals surface area contributed by atoms with Crippen LogP contribution in [-0.4, -0.2) is 40.6 Å². The summed E-state index contributed by atoms with van der Waals surface area (Å²) >= 11 is 12.1. The van der Waals surface area contributed by atoms with Gasteiger partial charge in [-0.2, -0.15) is 5.10 Å². The van der Waals surface area contributed by atoms with Crippen molar-refractivity contribution in [1.82, 2.24) is 15.1 Å². The van der Waals surface area contributed by atoms with E-state index in [1.165, 1.54) is 10.9 Å². The van der Waals surface area contributed by atoms with Crippen LogP contribution in [0.2, 0.25) is 10.0 Å². The molecule has 0 aliphatic rings. The fourth-order valence-electron chi connectivity index (χ4n) is 3.02. The highest BCUT2D eigenvalue weighted by Gasteiger charge is 2.15. The summed E-state index contributed by atoms with van der Waals surface area (Å²) < 4.78 is 6.69. The van der Waals surface area contributed by atoms with Gasteiger partial charge in [0, 0.05) is 13.6 Å². The summed E-state index contributed by atoms with van der Waals surface area (Å²) in [5.74, 6) is -0.0213. The van der Waals surface area contributed by atoms with E-state index in [-0.39, 0.29) is 30.2 Å². The van der Waals surface area contributed by atoms with Gasteiger partial charge >= 0.3 is 0 Å². The maximum atomic E-state index is 12.6. The SMILES string of the molecule is Cn1ncc(OCCO)c(-c2ccc(CCNC(=O)c3c(Cl)cccc3Cl)cc2)c1=O. The second-order valence-corrected chi connectivity index (χ2v) is 7.50. The summed E-state index contributed by atoms with van der Waals surface area (Å²) in [5.41, 5.74) is 1.97. The third kappa shape index (κ3) is 5.44. The molecular weight excluding hydrogens is 441 g/mol. The van der Waals surface area contributed by atoms with Gasteiger partial charge in [-0.25, -0.2) is 4.68 Å². The van der Waals surface area contributed by atoms with Gasteiger partial charge in [-0.05, 0) is 29.7 Å². The number of amides is 1. The molecule has 1 amide bonds. The van der Waals surface area contributed by atoms with Crippen LogP contribution < -0.4 is 15.6 Å². The van der Waals surface area contributed by atoms with E-state index >= 15 is 0 Å². The molecule has 31 heavy (non-hydrogen) atoms. The first-order valence-corrected chi connectivity index (χ1v) is 10.3. The summed E-state index contributed by atoms with van der Waals surface area (Å²) in [6, 6.07) is 12.3. The Labute approximate surface area is 189 Å². The molecule has 0 atom stereocenters. The topological polar surface area (TPSA) is 93.4 Å². The number of aryl methyl sites for hydroxylation is 1. The number of nitrogens with one attached hydrogen (secondary N) is 1. The zero-order chi connectivity index (χ0) is 22.4. The van der Waals surface area contributed by atoms with Crippen molar-refractivity contribution in [2.75, 3.05) is 19.8 Å². The lowest BCUT2D eigenvalue weighted by atomic mass is 10.0. The minimum atomic E-state index is -0.335. The lowest BCUT2D eigenvalue weighted by Gasteiger charge is -2.12. The van der Waals surface area contributed by atoms with Crippen molar-refractivity contribution in [2.24, 2.45) is 7.05 Å². The maximum absolute atomic E-state index is 12.6. The largest absolute Gasteiger partial charge is 0.489 e. The molecule has 2 aromatic carbocycles. The normalized spacial score (nSPS) is 10.7. The Hall–Kier alpha value is -2.87. The van der Waals surface area contributed by atoms with E-state index in [0.29, 0.717) is 39.9 Å². The molecule has 3 aromatic rings. The number of aromatic nitrogens is 2. The number of carbonyl (C=O) groups is 1. The Morgan fingerprint density at radius 1 is 1.16 bits per heavy atom. The molecule has 0 bridgehead atoms. The number of benzene rings is 2. The molecule has 0 aliphatic carbocycles. The summed E-state index contributed by atoms with van der Waals surface area (Å²) in [6.45, 7) is 0.287. The minimum Gasteiger partial charge on any atom is -0.489 e. The lowest BCUT2D eigenvalue weighted by molar-refractivity contribution is 0.0954. The highest BCUT2D eigenvalue weighted by Crippen LogP contribution is 2.26. The Morgan fingerprint density at radius 2 is 1.84 bits per heavy atom. The van der Waals surface area contributed by atoms with Gasteiger partial charge in [-0.15, -0.1) is 0 Å². The zero-order valence-electron chi connectivity index (χ0n) is 16.8. The van der Waals surface area contributed by atoms with Crippen LogP contribution in [0.3, 0.4) is 0 Å². The van der Waals surface area contributed by atoms with E-state index in [1.54, 1.807) is 25.2 Å². The van der Waals surface area contributed by atoms with Crippen LogP contribution in [0.25, 0.3) is 11.1 Å². The fourth-order valence-corrected chi connectivity index (χ4v) is 3.58. The number of hydrogen-bond acceptors (Lipinski definition) is 5. The predicted octanol–water partition coefficient (Wildman–Crippen LogP) is 3.10. The summed E-state index contributed by atoms with van der Waals surface area (Å²) in [4.78, 5) is 24.9. The Morgan fingerprint density at radius 3 is 2.48 bits per heavy atom. The number of ether oxygens (including phenoxy) is 1. The molecule has 0 spiro atoms. The summed E-state index contributed by atoms with van der Waals surface area (Å²) in [5, 5.41) is 16.4. The van der Waals surface area contributed by atoms with Gasteiger partial charge < -0.3 is 15.2 Å². The first-order chi connectivity index (χ1) is 14.9. The second-order valence-electron chi connectivity index (χ2n) is 6.68. The molecule has 3 rings (SSSR count). The van der Waals surface area contributed by atoms with Crippen LogP contribution in [0.4, 0.5) is 0 Å². The zero-order valence-corrected chi connectivity index (χ0v) is 18.3. The number of aliphatic hydroxyl groups is 1. The van der Waals surface area contributed by atoms with Crippen LogP contribution in [0, 0.1) is 0 Å². The van der Waals surface area contributed by atoms with Crippen LogP contribution in [0.15, 0.2) is 53.5 Å². The third-order valence-electron chi connectivity index (χ3n) is 4.58. The van der Waals surface area contributed by atoms with Crippen molar-refractivity contribution < 1.29 is 14.6 Å². The van der Waals surface area contributed by atoms with Gasteiger partial charge in [-0.1, -0.05) is 53.5 Å². The summed E-state index contributed by atoms with van der Waals surface area (Å²) in [7, 11) is 1.56. The van der Waals surface area contributed by atoms with Crippen molar-refractivity contribution in [3.8, 4) is 16.9 Å².